The van der Waals surface area contributed by atoms with Crippen LogP contribution in [0.3, 0.4) is 0 Å². The first-order valence-corrected chi connectivity index (χ1v) is 9.98. The van der Waals surface area contributed by atoms with Crippen molar-refractivity contribution < 1.29 is 0 Å². The third kappa shape index (κ3) is 4.02. The number of nitrogens with two attached hydrogens (primary N) is 1. The van der Waals surface area contributed by atoms with Crippen molar-refractivity contribution in [2.24, 2.45) is 0 Å². The average Bonchev–Trinajstić information content (AvgIpc) is 2.67. The van der Waals surface area contributed by atoms with Crippen LogP contribution < -0.4 is 16.4 Å². The zero-order valence-electron chi connectivity index (χ0n) is 14.5. The average molecular weight is 474 g/mol. The minimum Gasteiger partial charge on any atom is -0.397 e. The molecule has 7 heteroatoms. The van der Waals surface area contributed by atoms with Crippen LogP contribution in [0.2, 0.25) is 10.0 Å². The molecule has 140 valence electrons. The second kappa shape index (κ2) is 7.87. The number of nitrogen functional groups attached to an aromatic ring is 1. The van der Waals surface area contributed by atoms with Crippen molar-refractivity contribution in [2.45, 2.75) is 0 Å². The van der Waals surface area contributed by atoms with Crippen LogP contribution in [-0.2, 0) is 0 Å². The van der Waals surface area contributed by atoms with E-state index in [9.17, 15) is 0 Å². The molecular formula is C21H15BrCl2N4. The van der Waals surface area contributed by atoms with Gasteiger partial charge in [0, 0.05) is 21.6 Å². The Bertz CT molecular complexity index is 1180. The van der Waals surface area contributed by atoms with E-state index in [2.05, 4.69) is 26.6 Å². The first kappa shape index (κ1) is 18.9. The van der Waals surface area contributed by atoms with E-state index < -0.39 is 0 Å². The van der Waals surface area contributed by atoms with Gasteiger partial charge in [-0.05, 0) is 48.5 Å². The quantitative estimate of drug-likeness (QED) is 0.270. The van der Waals surface area contributed by atoms with Crippen LogP contribution in [0, 0.1) is 0 Å². The van der Waals surface area contributed by atoms with E-state index in [0.717, 1.165) is 32.4 Å². The lowest BCUT2D eigenvalue weighted by molar-refractivity contribution is 1.37. The molecular weight excluding hydrogens is 459 g/mol. The summed E-state index contributed by atoms with van der Waals surface area (Å²) in [6.07, 6.45) is 0. The highest BCUT2D eigenvalue weighted by molar-refractivity contribution is 9.10. The van der Waals surface area contributed by atoms with Crippen LogP contribution >= 0.6 is 39.1 Å². The number of pyridine rings is 1. The van der Waals surface area contributed by atoms with Gasteiger partial charge in [0.1, 0.15) is 5.82 Å². The first-order valence-electron chi connectivity index (χ1n) is 8.43. The number of hydrogen-bond acceptors (Lipinski definition) is 4. The number of anilines is 5. The number of rotatable bonds is 4. The third-order valence-electron chi connectivity index (χ3n) is 4.19. The number of para-hydroxylation sites is 2. The molecule has 0 spiro atoms. The molecule has 0 fully saturated rings. The molecule has 0 amide bonds. The maximum absolute atomic E-state index is 6.16. The predicted molar refractivity (Wildman–Crippen MR) is 123 cm³/mol. The summed E-state index contributed by atoms with van der Waals surface area (Å²) in [5.74, 6) is 0.676. The molecule has 1 heterocycles. The Morgan fingerprint density at radius 3 is 2.43 bits per heavy atom. The fourth-order valence-electron chi connectivity index (χ4n) is 2.84. The molecule has 0 saturated carbocycles. The molecule has 0 aliphatic carbocycles. The van der Waals surface area contributed by atoms with E-state index in [1.54, 1.807) is 12.1 Å². The lowest BCUT2D eigenvalue weighted by Gasteiger charge is -2.14. The van der Waals surface area contributed by atoms with E-state index >= 15 is 0 Å². The molecule has 0 saturated heterocycles. The topological polar surface area (TPSA) is 63.0 Å². The van der Waals surface area contributed by atoms with Crippen LogP contribution in [0.5, 0.6) is 0 Å². The van der Waals surface area contributed by atoms with E-state index in [4.69, 9.17) is 33.9 Å². The van der Waals surface area contributed by atoms with Gasteiger partial charge < -0.3 is 16.4 Å². The molecule has 0 bridgehead atoms. The number of halogens is 3. The Balaban J connectivity index is 1.79. The van der Waals surface area contributed by atoms with Gasteiger partial charge in [-0.15, -0.1) is 0 Å². The number of fused-ring (bicyclic) bond motifs is 1. The molecule has 0 aliphatic heterocycles. The standard InChI is InChI=1S/C21H15BrCl2N4/c22-12-5-8-18-14(9-12)20(26-13-6-7-15(23)16(24)10-13)11-21(27-18)28-19-4-2-1-3-17(19)25/h1-11H,25H2,(H2,26,27,28). The van der Waals surface area contributed by atoms with Gasteiger partial charge in [0.25, 0.3) is 0 Å². The SMILES string of the molecule is Nc1ccccc1Nc1cc(Nc2ccc(Cl)c(Cl)c2)c2cc(Br)ccc2n1. The largest absolute Gasteiger partial charge is 0.397 e. The lowest BCUT2D eigenvalue weighted by atomic mass is 10.1. The van der Waals surface area contributed by atoms with Crippen molar-refractivity contribution in [1.29, 1.82) is 0 Å². The Morgan fingerprint density at radius 1 is 0.821 bits per heavy atom. The van der Waals surface area contributed by atoms with Gasteiger partial charge in [-0.3, -0.25) is 0 Å². The van der Waals surface area contributed by atoms with Crippen molar-refractivity contribution in [1.82, 2.24) is 4.98 Å². The van der Waals surface area contributed by atoms with Crippen molar-refractivity contribution in [3.63, 3.8) is 0 Å². The number of aromatic nitrogens is 1. The molecule has 0 aliphatic rings. The van der Waals surface area contributed by atoms with Crippen molar-refractivity contribution in [2.75, 3.05) is 16.4 Å². The molecule has 28 heavy (non-hydrogen) atoms. The van der Waals surface area contributed by atoms with Gasteiger partial charge in [0.2, 0.25) is 0 Å². The van der Waals surface area contributed by atoms with Gasteiger partial charge in [-0.1, -0.05) is 51.3 Å². The molecule has 1 aromatic heterocycles. The summed E-state index contributed by atoms with van der Waals surface area (Å²) in [4.78, 5) is 4.71. The number of nitrogens with one attached hydrogen (secondary N) is 2. The summed E-state index contributed by atoms with van der Waals surface area (Å²) in [6, 6.07) is 20.9. The summed E-state index contributed by atoms with van der Waals surface area (Å²) in [5.41, 5.74) is 10.0. The van der Waals surface area contributed by atoms with E-state index in [0.29, 0.717) is 21.6 Å². The highest BCUT2D eigenvalue weighted by Gasteiger charge is 2.09. The Labute approximate surface area is 180 Å². The highest BCUT2D eigenvalue weighted by atomic mass is 79.9. The molecule has 0 atom stereocenters. The van der Waals surface area contributed by atoms with Crippen molar-refractivity contribution in [3.8, 4) is 0 Å². The van der Waals surface area contributed by atoms with E-state index in [1.165, 1.54) is 0 Å². The minimum absolute atomic E-state index is 0.488. The first-order chi connectivity index (χ1) is 13.5. The third-order valence-corrected chi connectivity index (χ3v) is 5.43. The smallest absolute Gasteiger partial charge is 0.133 e. The lowest BCUT2D eigenvalue weighted by Crippen LogP contribution is -2.00. The summed E-state index contributed by atoms with van der Waals surface area (Å²) < 4.78 is 0.965. The van der Waals surface area contributed by atoms with Gasteiger partial charge in [0.05, 0.1) is 32.6 Å². The zero-order chi connectivity index (χ0) is 19.7. The molecule has 4 nitrogen and oxygen atoms in total. The Morgan fingerprint density at radius 2 is 1.64 bits per heavy atom. The Kier molecular flexibility index (Phi) is 5.31. The van der Waals surface area contributed by atoms with Crippen LogP contribution in [0.25, 0.3) is 10.9 Å². The summed E-state index contributed by atoms with van der Waals surface area (Å²) >= 11 is 15.7. The van der Waals surface area contributed by atoms with Crippen LogP contribution in [0.4, 0.5) is 28.6 Å². The summed E-state index contributed by atoms with van der Waals surface area (Å²) in [7, 11) is 0. The van der Waals surface area contributed by atoms with Crippen LogP contribution in [-0.4, -0.2) is 4.98 Å². The van der Waals surface area contributed by atoms with Crippen molar-refractivity contribution in [3.05, 3.63) is 81.2 Å². The number of nitrogens with zero attached hydrogens (tertiary/aromatic N) is 1. The van der Waals surface area contributed by atoms with Gasteiger partial charge >= 0.3 is 0 Å². The zero-order valence-corrected chi connectivity index (χ0v) is 17.6. The number of hydrogen-bond donors (Lipinski definition) is 3. The Hall–Kier alpha value is -2.47. The van der Waals surface area contributed by atoms with Crippen LogP contribution in [0.15, 0.2) is 71.2 Å². The normalized spacial score (nSPS) is 10.8. The molecule has 0 unspecified atom stereocenters. The van der Waals surface area contributed by atoms with Crippen LogP contribution in [0.1, 0.15) is 0 Å². The van der Waals surface area contributed by atoms with E-state index in [1.807, 2.05) is 54.6 Å². The van der Waals surface area contributed by atoms with Gasteiger partial charge in [-0.2, -0.15) is 0 Å². The fraction of sp³-hybridized carbons (Fsp3) is 0. The van der Waals surface area contributed by atoms with Gasteiger partial charge in [-0.25, -0.2) is 4.98 Å². The second-order valence-electron chi connectivity index (χ2n) is 6.18. The molecule has 4 N–H and O–H groups in total. The van der Waals surface area contributed by atoms with Gasteiger partial charge in [0.15, 0.2) is 0 Å². The highest BCUT2D eigenvalue weighted by Crippen LogP contribution is 2.33. The fourth-order valence-corrected chi connectivity index (χ4v) is 3.50. The molecule has 3 aromatic carbocycles. The summed E-state index contributed by atoms with van der Waals surface area (Å²) in [5, 5.41) is 8.66. The summed E-state index contributed by atoms with van der Waals surface area (Å²) in [6.45, 7) is 0. The molecule has 0 radical (unpaired) electrons. The monoisotopic (exact) mass is 472 g/mol. The molecule has 4 rings (SSSR count). The maximum Gasteiger partial charge on any atom is 0.133 e. The van der Waals surface area contributed by atoms with Crippen molar-refractivity contribution >= 4 is 78.6 Å². The minimum atomic E-state index is 0.488. The number of benzene rings is 3. The second-order valence-corrected chi connectivity index (χ2v) is 7.91. The van der Waals surface area contributed by atoms with E-state index in [-0.39, 0.29) is 0 Å². The predicted octanol–water partition coefficient (Wildman–Crippen LogP) is 7.37. The molecule has 4 aromatic rings. The maximum atomic E-state index is 6.16.